The van der Waals surface area contributed by atoms with Crippen LogP contribution < -0.4 is 10.6 Å². The van der Waals surface area contributed by atoms with Crippen molar-refractivity contribution < 1.29 is 0 Å². The van der Waals surface area contributed by atoms with Crippen LogP contribution in [0.5, 0.6) is 0 Å². The van der Waals surface area contributed by atoms with Crippen LogP contribution in [-0.4, -0.2) is 19.6 Å². The highest BCUT2D eigenvalue weighted by Crippen LogP contribution is 2.19. The molecule has 0 aliphatic rings. The van der Waals surface area contributed by atoms with Crippen LogP contribution >= 0.6 is 11.6 Å². The minimum absolute atomic E-state index is 0.625. The van der Waals surface area contributed by atoms with Crippen LogP contribution in [0.4, 0.5) is 5.69 Å². The lowest BCUT2D eigenvalue weighted by atomic mass is 10.2. The fourth-order valence-corrected chi connectivity index (χ4v) is 1.52. The van der Waals surface area contributed by atoms with E-state index >= 15 is 0 Å². The molecule has 0 heterocycles. The minimum atomic E-state index is 0.625. The molecular weight excluding hydrogens is 222 g/mol. The van der Waals surface area contributed by atoms with E-state index in [0.717, 1.165) is 31.7 Å². The zero-order valence-corrected chi connectivity index (χ0v) is 10.1. The molecular formula is C12H16ClN3. The van der Waals surface area contributed by atoms with Crippen molar-refractivity contribution in [3.63, 3.8) is 0 Å². The third-order valence-corrected chi connectivity index (χ3v) is 2.38. The van der Waals surface area contributed by atoms with Gasteiger partial charge in [0.05, 0.1) is 11.3 Å². The summed E-state index contributed by atoms with van der Waals surface area (Å²) < 4.78 is 0. The second kappa shape index (κ2) is 7.10. The predicted octanol–water partition coefficient (Wildman–Crippen LogP) is 2.62. The normalized spacial score (nSPS) is 9.81. The first-order valence-electron chi connectivity index (χ1n) is 5.42. The Morgan fingerprint density at radius 2 is 2.12 bits per heavy atom. The maximum atomic E-state index is 8.90. The summed E-state index contributed by atoms with van der Waals surface area (Å²) in [5.74, 6) is 0. The van der Waals surface area contributed by atoms with Gasteiger partial charge in [0.2, 0.25) is 0 Å². The van der Waals surface area contributed by atoms with Crippen LogP contribution in [0.3, 0.4) is 0 Å². The van der Waals surface area contributed by atoms with Gasteiger partial charge in [0.25, 0.3) is 0 Å². The smallest absolute Gasteiger partial charge is 0.101 e. The van der Waals surface area contributed by atoms with Gasteiger partial charge >= 0.3 is 0 Å². The predicted molar refractivity (Wildman–Crippen MR) is 67.8 cm³/mol. The highest BCUT2D eigenvalue weighted by Gasteiger charge is 2.01. The third-order valence-electron chi connectivity index (χ3n) is 2.15. The Kier molecular flexibility index (Phi) is 5.69. The van der Waals surface area contributed by atoms with Crippen molar-refractivity contribution in [3.05, 3.63) is 28.8 Å². The minimum Gasteiger partial charge on any atom is -0.383 e. The van der Waals surface area contributed by atoms with Crippen LogP contribution in [0.1, 0.15) is 18.9 Å². The quantitative estimate of drug-likeness (QED) is 0.748. The average Bonchev–Trinajstić information content (AvgIpc) is 2.29. The van der Waals surface area contributed by atoms with Crippen molar-refractivity contribution in [2.75, 3.05) is 25.0 Å². The van der Waals surface area contributed by atoms with Gasteiger partial charge in [-0.2, -0.15) is 5.26 Å². The van der Waals surface area contributed by atoms with Crippen LogP contribution in [0.15, 0.2) is 18.2 Å². The van der Waals surface area contributed by atoms with Crippen molar-refractivity contribution in [2.24, 2.45) is 0 Å². The molecule has 0 saturated carbocycles. The molecule has 86 valence electrons. The largest absolute Gasteiger partial charge is 0.383 e. The van der Waals surface area contributed by atoms with Crippen molar-refractivity contribution >= 4 is 17.3 Å². The number of anilines is 1. The standard InChI is InChI=1S/C12H16ClN3/c1-2-5-15-6-7-16-12-8-11(13)4-3-10(12)9-14/h3-4,8,15-16H,2,5-7H2,1H3. The number of nitrogens with one attached hydrogen (secondary N) is 2. The molecule has 0 aliphatic heterocycles. The molecule has 0 saturated heterocycles. The summed E-state index contributed by atoms with van der Waals surface area (Å²) in [6, 6.07) is 7.36. The monoisotopic (exact) mass is 237 g/mol. The summed E-state index contributed by atoms with van der Waals surface area (Å²) in [7, 11) is 0. The molecule has 4 heteroatoms. The topological polar surface area (TPSA) is 47.8 Å². The van der Waals surface area contributed by atoms with Crippen molar-refractivity contribution in [3.8, 4) is 6.07 Å². The Morgan fingerprint density at radius 1 is 1.31 bits per heavy atom. The first-order valence-corrected chi connectivity index (χ1v) is 5.80. The lowest BCUT2D eigenvalue weighted by Gasteiger charge is -2.09. The lowest BCUT2D eigenvalue weighted by Crippen LogP contribution is -2.22. The average molecular weight is 238 g/mol. The van der Waals surface area contributed by atoms with Crippen molar-refractivity contribution in [1.29, 1.82) is 5.26 Å². The molecule has 1 rings (SSSR count). The molecule has 0 amide bonds. The summed E-state index contributed by atoms with van der Waals surface area (Å²) >= 11 is 5.87. The second-order valence-electron chi connectivity index (χ2n) is 3.48. The number of nitriles is 1. The van der Waals surface area contributed by atoms with Gasteiger partial charge in [-0.25, -0.2) is 0 Å². The van der Waals surface area contributed by atoms with Gasteiger partial charge in [0.15, 0.2) is 0 Å². The van der Waals surface area contributed by atoms with E-state index in [-0.39, 0.29) is 0 Å². The first-order chi connectivity index (χ1) is 7.77. The molecule has 0 radical (unpaired) electrons. The fraction of sp³-hybridized carbons (Fsp3) is 0.417. The number of hydrogen-bond donors (Lipinski definition) is 2. The number of nitrogens with zero attached hydrogens (tertiary/aromatic N) is 1. The van der Waals surface area contributed by atoms with E-state index < -0.39 is 0 Å². The summed E-state index contributed by atoms with van der Waals surface area (Å²) in [5, 5.41) is 16.0. The third kappa shape index (κ3) is 4.09. The van der Waals surface area contributed by atoms with Gasteiger partial charge in [-0.1, -0.05) is 18.5 Å². The highest BCUT2D eigenvalue weighted by molar-refractivity contribution is 6.30. The number of benzene rings is 1. The first kappa shape index (κ1) is 12.8. The Morgan fingerprint density at radius 3 is 2.81 bits per heavy atom. The van der Waals surface area contributed by atoms with E-state index in [1.54, 1.807) is 18.2 Å². The van der Waals surface area contributed by atoms with Gasteiger partial charge < -0.3 is 10.6 Å². The highest BCUT2D eigenvalue weighted by atomic mass is 35.5. The molecule has 1 aromatic carbocycles. The Labute approximate surface area is 101 Å². The van der Waals surface area contributed by atoms with E-state index in [2.05, 4.69) is 23.6 Å². The molecule has 0 bridgehead atoms. The summed E-state index contributed by atoms with van der Waals surface area (Å²) in [4.78, 5) is 0. The Balaban J connectivity index is 2.46. The molecule has 2 N–H and O–H groups in total. The molecule has 0 aliphatic carbocycles. The summed E-state index contributed by atoms with van der Waals surface area (Å²) in [6.07, 6.45) is 1.13. The van der Waals surface area contributed by atoms with Gasteiger partial charge in [0.1, 0.15) is 6.07 Å². The molecule has 0 atom stereocenters. The van der Waals surface area contributed by atoms with E-state index in [4.69, 9.17) is 16.9 Å². The van der Waals surface area contributed by atoms with E-state index in [0.29, 0.717) is 10.6 Å². The molecule has 16 heavy (non-hydrogen) atoms. The van der Waals surface area contributed by atoms with Crippen LogP contribution in [0.25, 0.3) is 0 Å². The number of halogens is 1. The number of hydrogen-bond acceptors (Lipinski definition) is 3. The number of rotatable bonds is 6. The van der Waals surface area contributed by atoms with E-state index in [9.17, 15) is 0 Å². The maximum absolute atomic E-state index is 8.90. The molecule has 0 aromatic heterocycles. The van der Waals surface area contributed by atoms with E-state index in [1.165, 1.54) is 0 Å². The SMILES string of the molecule is CCCNCCNc1cc(Cl)ccc1C#N. The molecule has 0 unspecified atom stereocenters. The van der Waals surface area contributed by atoms with E-state index in [1.807, 2.05) is 0 Å². The van der Waals surface area contributed by atoms with Crippen LogP contribution in [0.2, 0.25) is 5.02 Å². The Bertz CT molecular complexity index is 371. The van der Waals surface area contributed by atoms with Gasteiger partial charge in [-0.3, -0.25) is 0 Å². The van der Waals surface area contributed by atoms with Crippen LogP contribution in [0, 0.1) is 11.3 Å². The van der Waals surface area contributed by atoms with Gasteiger partial charge in [-0.05, 0) is 31.2 Å². The molecule has 3 nitrogen and oxygen atoms in total. The zero-order chi connectivity index (χ0) is 11.8. The summed E-state index contributed by atoms with van der Waals surface area (Å²) in [5.41, 5.74) is 1.42. The van der Waals surface area contributed by atoms with Gasteiger partial charge in [0, 0.05) is 18.1 Å². The van der Waals surface area contributed by atoms with Crippen LogP contribution in [-0.2, 0) is 0 Å². The summed E-state index contributed by atoms with van der Waals surface area (Å²) in [6.45, 7) is 4.81. The molecule has 0 fully saturated rings. The van der Waals surface area contributed by atoms with Gasteiger partial charge in [-0.15, -0.1) is 0 Å². The fourth-order valence-electron chi connectivity index (χ4n) is 1.35. The van der Waals surface area contributed by atoms with Crippen molar-refractivity contribution in [1.82, 2.24) is 5.32 Å². The molecule has 1 aromatic rings. The second-order valence-corrected chi connectivity index (χ2v) is 3.91. The van der Waals surface area contributed by atoms with Crippen molar-refractivity contribution in [2.45, 2.75) is 13.3 Å². The lowest BCUT2D eigenvalue weighted by molar-refractivity contribution is 0.688. The molecule has 0 spiro atoms. The zero-order valence-electron chi connectivity index (χ0n) is 9.39. The Hall–Kier alpha value is -1.24. The maximum Gasteiger partial charge on any atom is 0.101 e.